The summed E-state index contributed by atoms with van der Waals surface area (Å²) in [7, 11) is 0. The monoisotopic (exact) mass is 457 g/mol. The Kier molecular flexibility index (Phi) is 5.93. The maximum absolute atomic E-state index is 13.1. The van der Waals surface area contributed by atoms with Crippen molar-refractivity contribution in [1.29, 1.82) is 0 Å². The van der Waals surface area contributed by atoms with Crippen molar-refractivity contribution in [1.82, 2.24) is 0 Å². The van der Waals surface area contributed by atoms with Crippen LogP contribution in [-0.2, 0) is 17.1 Å². The highest BCUT2D eigenvalue weighted by atomic mass is 35.5. The Bertz CT molecular complexity index is 1010. The van der Waals surface area contributed by atoms with Gasteiger partial charge < -0.3 is 0 Å². The van der Waals surface area contributed by atoms with E-state index in [4.69, 9.17) is 11.6 Å². The SMILES string of the molecule is O=CN(c1ccc(Cl)c(C(F)(F)F)c1)c1c([N+](=O)[O-])cc(C(F)(F)F)cc1[N+](=O)[O-]. The van der Waals surface area contributed by atoms with Crippen LogP contribution in [0.15, 0.2) is 30.3 Å². The summed E-state index contributed by atoms with van der Waals surface area (Å²) in [6, 6.07) is 1.57. The highest BCUT2D eigenvalue weighted by Gasteiger charge is 2.40. The van der Waals surface area contributed by atoms with Crippen LogP contribution in [0.2, 0.25) is 5.02 Å². The molecule has 2 aromatic carbocycles. The van der Waals surface area contributed by atoms with Crippen molar-refractivity contribution >= 4 is 40.8 Å². The first-order valence-electron chi connectivity index (χ1n) is 7.33. The summed E-state index contributed by atoms with van der Waals surface area (Å²) < 4.78 is 78.1. The maximum atomic E-state index is 13.1. The van der Waals surface area contributed by atoms with E-state index in [0.717, 1.165) is 6.07 Å². The van der Waals surface area contributed by atoms with E-state index in [1.165, 1.54) is 0 Å². The van der Waals surface area contributed by atoms with Gasteiger partial charge in [-0.3, -0.25) is 29.9 Å². The summed E-state index contributed by atoms with van der Waals surface area (Å²) >= 11 is 5.44. The van der Waals surface area contributed by atoms with Crippen molar-refractivity contribution in [2.45, 2.75) is 12.4 Å². The van der Waals surface area contributed by atoms with Crippen molar-refractivity contribution < 1.29 is 41.0 Å². The van der Waals surface area contributed by atoms with Gasteiger partial charge in [0, 0.05) is 17.8 Å². The average Bonchev–Trinajstić information content (AvgIpc) is 2.61. The number of hydrogen-bond acceptors (Lipinski definition) is 5. The zero-order valence-electron chi connectivity index (χ0n) is 14.0. The molecular formula is C15H6ClF6N3O5. The third kappa shape index (κ3) is 4.42. The summed E-state index contributed by atoms with van der Waals surface area (Å²) in [4.78, 5) is 31.3. The van der Waals surface area contributed by atoms with E-state index in [-0.39, 0.29) is 29.5 Å². The summed E-state index contributed by atoms with van der Waals surface area (Å²) in [6.45, 7) is 0. The van der Waals surface area contributed by atoms with Gasteiger partial charge in [-0.25, -0.2) is 0 Å². The first kappa shape index (κ1) is 22.9. The Hall–Kier alpha value is -3.42. The lowest BCUT2D eigenvalue weighted by molar-refractivity contribution is -0.392. The molecule has 2 aromatic rings. The van der Waals surface area contributed by atoms with Gasteiger partial charge in [-0.05, 0) is 18.2 Å². The van der Waals surface area contributed by atoms with Crippen molar-refractivity contribution in [3.05, 3.63) is 66.7 Å². The largest absolute Gasteiger partial charge is 0.417 e. The number of carbonyl (C=O) groups excluding carboxylic acids is 1. The number of hydrogen-bond donors (Lipinski definition) is 0. The predicted molar refractivity (Wildman–Crippen MR) is 89.4 cm³/mol. The summed E-state index contributed by atoms with van der Waals surface area (Å²) in [5.74, 6) is 0. The number of benzene rings is 2. The molecule has 0 saturated carbocycles. The fourth-order valence-electron chi connectivity index (χ4n) is 2.42. The number of amides is 1. The van der Waals surface area contributed by atoms with Gasteiger partial charge in [-0.15, -0.1) is 0 Å². The molecule has 0 unspecified atom stereocenters. The lowest BCUT2D eigenvalue weighted by Gasteiger charge is -2.20. The molecular weight excluding hydrogens is 452 g/mol. The Labute approximate surface area is 166 Å². The van der Waals surface area contributed by atoms with Crippen molar-refractivity contribution in [2.24, 2.45) is 0 Å². The molecule has 30 heavy (non-hydrogen) atoms. The topological polar surface area (TPSA) is 107 Å². The summed E-state index contributed by atoms with van der Waals surface area (Å²) in [5, 5.41) is 21.7. The average molecular weight is 458 g/mol. The van der Waals surface area contributed by atoms with Gasteiger partial charge in [0.15, 0.2) is 0 Å². The molecule has 0 radical (unpaired) electrons. The quantitative estimate of drug-likeness (QED) is 0.255. The molecule has 160 valence electrons. The second-order valence-electron chi connectivity index (χ2n) is 5.51. The first-order valence-corrected chi connectivity index (χ1v) is 7.71. The third-order valence-corrected chi connectivity index (χ3v) is 4.00. The molecule has 0 aliphatic carbocycles. The molecule has 1 amide bonds. The zero-order chi connectivity index (χ0) is 23.0. The van der Waals surface area contributed by atoms with Crippen LogP contribution in [0.3, 0.4) is 0 Å². The number of nitrogens with zero attached hydrogens (tertiary/aromatic N) is 3. The van der Waals surface area contributed by atoms with Crippen LogP contribution >= 0.6 is 11.6 Å². The van der Waals surface area contributed by atoms with Gasteiger partial charge in [0.1, 0.15) is 0 Å². The van der Waals surface area contributed by atoms with Crippen LogP contribution in [0, 0.1) is 20.2 Å². The van der Waals surface area contributed by atoms with E-state index in [0.29, 0.717) is 6.07 Å². The molecule has 2 rings (SSSR count). The minimum Gasteiger partial charge on any atom is -0.278 e. The van der Waals surface area contributed by atoms with Gasteiger partial charge in [0.25, 0.3) is 0 Å². The standard InChI is InChI=1S/C15H6ClF6N3O5/c16-10-2-1-8(5-9(10)15(20,21)22)23(6-26)13-11(24(27)28)3-7(14(17,18)19)4-12(13)25(29)30/h1-6H. The van der Waals surface area contributed by atoms with Crippen LogP contribution in [0.25, 0.3) is 0 Å². The van der Waals surface area contributed by atoms with Crippen molar-refractivity contribution in [3.8, 4) is 0 Å². The van der Waals surface area contributed by atoms with Gasteiger partial charge in [0.05, 0.1) is 26.0 Å². The summed E-state index contributed by atoms with van der Waals surface area (Å²) in [5.41, 5.74) is -8.30. The van der Waals surface area contributed by atoms with E-state index in [9.17, 15) is 51.4 Å². The number of alkyl halides is 6. The number of halogens is 7. The lowest BCUT2D eigenvalue weighted by atomic mass is 10.1. The van der Waals surface area contributed by atoms with E-state index < -0.39 is 61.1 Å². The normalized spacial score (nSPS) is 11.8. The number of nitro groups is 2. The minimum atomic E-state index is -5.22. The molecule has 15 heteroatoms. The molecule has 0 aromatic heterocycles. The molecule has 0 bridgehead atoms. The number of anilines is 2. The van der Waals surface area contributed by atoms with Crippen molar-refractivity contribution in [2.75, 3.05) is 4.90 Å². The lowest BCUT2D eigenvalue weighted by Crippen LogP contribution is -2.19. The fraction of sp³-hybridized carbons (Fsp3) is 0.133. The van der Waals surface area contributed by atoms with E-state index in [1.54, 1.807) is 0 Å². The third-order valence-electron chi connectivity index (χ3n) is 3.67. The second-order valence-corrected chi connectivity index (χ2v) is 5.92. The Morgan fingerprint density at radius 2 is 1.40 bits per heavy atom. The maximum Gasteiger partial charge on any atom is 0.417 e. The molecule has 0 atom stereocenters. The number of nitro benzene ring substituents is 2. The molecule has 0 aliphatic rings. The first-order chi connectivity index (χ1) is 13.7. The van der Waals surface area contributed by atoms with Crippen LogP contribution in [-0.4, -0.2) is 16.3 Å². The predicted octanol–water partition coefficient (Wildman–Crippen LogP) is 5.49. The highest BCUT2D eigenvalue weighted by Crippen LogP contribution is 2.46. The van der Waals surface area contributed by atoms with E-state index in [2.05, 4.69) is 0 Å². The van der Waals surface area contributed by atoms with Crippen LogP contribution in [0.1, 0.15) is 11.1 Å². The van der Waals surface area contributed by atoms with Gasteiger partial charge >= 0.3 is 23.7 Å². The Morgan fingerprint density at radius 3 is 1.77 bits per heavy atom. The van der Waals surface area contributed by atoms with E-state index >= 15 is 0 Å². The number of rotatable bonds is 5. The van der Waals surface area contributed by atoms with Crippen molar-refractivity contribution in [3.63, 3.8) is 0 Å². The zero-order valence-corrected chi connectivity index (χ0v) is 14.7. The second kappa shape index (κ2) is 7.78. The fourth-order valence-corrected chi connectivity index (χ4v) is 2.64. The molecule has 8 nitrogen and oxygen atoms in total. The molecule has 0 saturated heterocycles. The Balaban J connectivity index is 2.88. The molecule has 0 aliphatic heterocycles. The number of carbonyl (C=O) groups is 1. The highest BCUT2D eigenvalue weighted by molar-refractivity contribution is 6.31. The Morgan fingerprint density at radius 1 is 0.900 bits per heavy atom. The molecule has 0 N–H and O–H groups in total. The van der Waals surface area contributed by atoms with Gasteiger partial charge in [-0.1, -0.05) is 11.6 Å². The van der Waals surface area contributed by atoms with E-state index in [1.807, 2.05) is 0 Å². The van der Waals surface area contributed by atoms with Gasteiger partial charge in [0.2, 0.25) is 12.1 Å². The summed E-state index contributed by atoms with van der Waals surface area (Å²) in [6.07, 6.45) is -10.6. The molecule has 0 fully saturated rings. The van der Waals surface area contributed by atoms with Crippen LogP contribution < -0.4 is 4.90 Å². The molecule has 0 heterocycles. The smallest absolute Gasteiger partial charge is 0.278 e. The van der Waals surface area contributed by atoms with Gasteiger partial charge in [-0.2, -0.15) is 26.3 Å². The van der Waals surface area contributed by atoms with Crippen LogP contribution in [0.5, 0.6) is 0 Å². The molecule has 0 spiro atoms. The van der Waals surface area contributed by atoms with Crippen LogP contribution in [0.4, 0.5) is 49.1 Å². The minimum absolute atomic E-state index is 0.0575.